The quantitative estimate of drug-likeness (QED) is 0.901. The zero-order valence-electron chi connectivity index (χ0n) is 15.1. The van der Waals surface area contributed by atoms with Gasteiger partial charge in [0, 0.05) is 37.4 Å². The zero-order valence-corrected chi connectivity index (χ0v) is 15.1. The predicted molar refractivity (Wildman–Crippen MR) is 103 cm³/mol. The van der Waals surface area contributed by atoms with Crippen molar-refractivity contribution in [3.05, 3.63) is 65.7 Å². The first-order chi connectivity index (χ1) is 12.7. The van der Waals surface area contributed by atoms with E-state index in [0.717, 1.165) is 38.3 Å². The van der Waals surface area contributed by atoms with Crippen molar-refractivity contribution in [3.8, 4) is 0 Å². The van der Waals surface area contributed by atoms with E-state index in [1.54, 1.807) is 24.3 Å². The maximum absolute atomic E-state index is 12.6. The average molecular weight is 351 g/mol. The number of rotatable bonds is 5. The minimum Gasteiger partial charge on any atom is -0.336 e. The fourth-order valence-electron chi connectivity index (χ4n) is 3.13. The van der Waals surface area contributed by atoms with Crippen molar-refractivity contribution in [3.63, 3.8) is 0 Å². The van der Waals surface area contributed by atoms with Crippen LogP contribution in [0, 0.1) is 0 Å². The van der Waals surface area contributed by atoms with Gasteiger partial charge in [-0.15, -0.1) is 0 Å². The third-order valence-corrected chi connectivity index (χ3v) is 4.73. The van der Waals surface area contributed by atoms with Crippen LogP contribution in [0.4, 0.5) is 5.69 Å². The van der Waals surface area contributed by atoms with Gasteiger partial charge in [-0.3, -0.25) is 9.59 Å². The molecule has 0 saturated carbocycles. The second-order valence-corrected chi connectivity index (χ2v) is 6.51. The summed E-state index contributed by atoms with van der Waals surface area (Å²) in [5.74, 6) is -0.00567. The fraction of sp³-hybridized carbons (Fsp3) is 0.333. The minimum absolute atomic E-state index is 0.0583. The lowest BCUT2D eigenvalue weighted by Crippen LogP contribution is -2.48. The van der Waals surface area contributed by atoms with Crippen molar-refractivity contribution in [1.29, 1.82) is 0 Å². The van der Waals surface area contributed by atoms with Crippen molar-refractivity contribution in [1.82, 2.24) is 9.80 Å². The van der Waals surface area contributed by atoms with E-state index in [1.807, 2.05) is 35.2 Å². The molecule has 1 aliphatic heterocycles. The summed E-state index contributed by atoms with van der Waals surface area (Å²) >= 11 is 0. The van der Waals surface area contributed by atoms with Crippen molar-refractivity contribution in [2.75, 3.05) is 38.0 Å². The number of likely N-dealkylation sites (N-methyl/N-ethyl adjacent to an activating group) is 1. The molecule has 1 aliphatic rings. The number of anilines is 1. The SMILES string of the molecule is CCN1CCN(C(=O)c2ccc(NC(=O)Cc3ccccc3)cc2)CC1. The molecule has 0 radical (unpaired) electrons. The summed E-state index contributed by atoms with van der Waals surface area (Å²) in [7, 11) is 0. The van der Waals surface area contributed by atoms with E-state index in [1.165, 1.54) is 0 Å². The van der Waals surface area contributed by atoms with Crippen LogP contribution < -0.4 is 5.32 Å². The molecule has 2 aromatic rings. The van der Waals surface area contributed by atoms with E-state index in [9.17, 15) is 9.59 Å². The Morgan fingerprint density at radius 3 is 2.19 bits per heavy atom. The lowest BCUT2D eigenvalue weighted by Gasteiger charge is -2.34. The van der Waals surface area contributed by atoms with Crippen LogP contribution in [0.2, 0.25) is 0 Å². The van der Waals surface area contributed by atoms with Gasteiger partial charge in [-0.2, -0.15) is 0 Å². The zero-order chi connectivity index (χ0) is 18.4. The van der Waals surface area contributed by atoms with Crippen LogP contribution in [0.15, 0.2) is 54.6 Å². The first-order valence-electron chi connectivity index (χ1n) is 9.11. The standard InChI is InChI=1S/C21H25N3O2/c1-2-23-12-14-24(15-13-23)21(26)18-8-10-19(11-9-18)22-20(25)16-17-6-4-3-5-7-17/h3-11H,2,12-16H2,1H3,(H,22,25). The molecule has 1 heterocycles. The summed E-state index contributed by atoms with van der Waals surface area (Å²) in [5.41, 5.74) is 2.34. The topological polar surface area (TPSA) is 52.6 Å². The highest BCUT2D eigenvalue weighted by Crippen LogP contribution is 2.14. The average Bonchev–Trinajstić information content (AvgIpc) is 2.69. The highest BCUT2D eigenvalue weighted by molar-refractivity contribution is 5.96. The molecule has 0 unspecified atom stereocenters. The van der Waals surface area contributed by atoms with Crippen LogP contribution in [-0.2, 0) is 11.2 Å². The van der Waals surface area contributed by atoms with Crippen LogP contribution in [0.1, 0.15) is 22.8 Å². The first-order valence-corrected chi connectivity index (χ1v) is 9.11. The van der Waals surface area contributed by atoms with E-state index < -0.39 is 0 Å². The Labute approximate surface area is 154 Å². The summed E-state index contributed by atoms with van der Waals surface area (Å²) in [4.78, 5) is 28.9. The Bertz CT molecular complexity index is 736. The van der Waals surface area contributed by atoms with Crippen molar-refractivity contribution in [2.45, 2.75) is 13.3 Å². The number of nitrogens with zero attached hydrogens (tertiary/aromatic N) is 2. The third kappa shape index (κ3) is 4.70. The maximum atomic E-state index is 12.6. The van der Waals surface area contributed by atoms with E-state index in [0.29, 0.717) is 17.7 Å². The molecule has 1 N–H and O–H groups in total. The van der Waals surface area contributed by atoms with Crippen molar-refractivity contribution in [2.24, 2.45) is 0 Å². The molecule has 0 aromatic heterocycles. The van der Waals surface area contributed by atoms with Gasteiger partial charge in [0.1, 0.15) is 0 Å². The van der Waals surface area contributed by atoms with E-state index in [-0.39, 0.29) is 11.8 Å². The van der Waals surface area contributed by atoms with Crippen LogP contribution in [0.3, 0.4) is 0 Å². The summed E-state index contributed by atoms with van der Waals surface area (Å²) in [6.07, 6.45) is 0.337. The van der Waals surface area contributed by atoms with Gasteiger partial charge in [0.15, 0.2) is 0 Å². The molecule has 0 aliphatic carbocycles. The predicted octanol–water partition coefficient (Wildman–Crippen LogP) is 2.65. The Balaban J connectivity index is 1.54. The summed E-state index contributed by atoms with van der Waals surface area (Å²) in [5, 5.41) is 2.88. The summed E-state index contributed by atoms with van der Waals surface area (Å²) in [6.45, 7) is 6.55. The Morgan fingerprint density at radius 1 is 0.923 bits per heavy atom. The molecule has 1 saturated heterocycles. The monoisotopic (exact) mass is 351 g/mol. The van der Waals surface area contributed by atoms with E-state index in [2.05, 4.69) is 17.1 Å². The lowest BCUT2D eigenvalue weighted by atomic mass is 10.1. The van der Waals surface area contributed by atoms with Crippen molar-refractivity contribution < 1.29 is 9.59 Å². The van der Waals surface area contributed by atoms with E-state index >= 15 is 0 Å². The molecule has 26 heavy (non-hydrogen) atoms. The molecule has 1 fully saturated rings. The summed E-state index contributed by atoms with van der Waals surface area (Å²) in [6, 6.07) is 16.8. The number of nitrogens with one attached hydrogen (secondary N) is 1. The Morgan fingerprint density at radius 2 is 1.58 bits per heavy atom. The maximum Gasteiger partial charge on any atom is 0.253 e. The molecule has 3 rings (SSSR count). The van der Waals surface area contributed by atoms with Crippen LogP contribution in [-0.4, -0.2) is 54.3 Å². The molecule has 5 heteroatoms. The number of piperazine rings is 1. The van der Waals surface area contributed by atoms with Gasteiger partial charge < -0.3 is 15.1 Å². The molecular formula is C21H25N3O2. The molecule has 5 nitrogen and oxygen atoms in total. The van der Waals surface area contributed by atoms with Gasteiger partial charge in [0.25, 0.3) is 5.91 Å². The second kappa shape index (κ2) is 8.63. The number of carbonyl (C=O) groups excluding carboxylic acids is 2. The van der Waals surface area contributed by atoms with Crippen LogP contribution >= 0.6 is 0 Å². The Hall–Kier alpha value is -2.66. The van der Waals surface area contributed by atoms with Gasteiger partial charge in [-0.1, -0.05) is 37.3 Å². The summed E-state index contributed by atoms with van der Waals surface area (Å²) < 4.78 is 0. The number of hydrogen-bond acceptors (Lipinski definition) is 3. The molecule has 2 aromatic carbocycles. The van der Waals surface area contributed by atoms with Gasteiger partial charge in [0.2, 0.25) is 5.91 Å². The molecule has 0 atom stereocenters. The highest BCUT2D eigenvalue weighted by atomic mass is 16.2. The number of carbonyl (C=O) groups is 2. The first kappa shape index (κ1) is 18.1. The third-order valence-electron chi connectivity index (χ3n) is 4.73. The minimum atomic E-state index is -0.0639. The van der Waals surface area contributed by atoms with Crippen molar-refractivity contribution >= 4 is 17.5 Å². The highest BCUT2D eigenvalue weighted by Gasteiger charge is 2.21. The fourth-order valence-corrected chi connectivity index (χ4v) is 3.13. The molecule has 0 bridgehead atoms. The molecule has 0 spiro atoms. The largest absolute Gasteiger partial charge is 0.336 e. The van der Waals surface area contributed by atoms with Gasteiger partial charge in [-0.25, -0.2) is 0 Å². The Kier molecular flexibility index (Phi) is 6.02. The molecule has 2 amide bonds. The van der Waals surface area contributed by atoms with Crippen LogP contribution in [0.5, 0.6) is 0 Å². The number of amides is 2. The smallest absolute Gasteiger partial charge is 0.253 e. The normalized spacial score (nSPS) is 14.9. The van der Waals surface area contributed by atoms with Gasteiger partial charge in [0.05, 0.1) is 6.42 Å². The van der Waals surface area contributed by atoms with E-state index in [4.69, 9.17) is 0 Å². The molecular weight excluding hydrogens is 326 g/mol. The number of benzene rings is 2. The van der Waals surface area contributed by atoms with Gasteiger partial charge in [-0.05, 0) is 36.4 Å². The lowest BCUT2D eigenvalue weighted by molar-refractivity contribution is -0.115. The van der Waals surface area contributed by atoms with Gasteiger partial charge >= 0.3 is 0 Å². The van der Waals surface area contributed by atoms with Crippen LogP contribution in [0.25, 0.3) is 0 Å². The number of hydrogen-bond donors (Lipinski definition) is 1. The molecule has 136 valence electrons. The second-order valence-electron chi connectivity index (χ2n) is 6.51.